The number of aryl methyl sites for hydroxylation is 2. The van der Waals surface area contributed by atoms with Gasteiger partial charge in [0.05, 0.1) is 24.3 Å². The van der Waals surface area contributed by atoms with E-state index >= 15 is 0 Å². The monoisotopic (exact) mass is 459 g/mol. The van der Waals surface area contributed by atoms with Gasteiger partial charge in [0.15, 0.2) is 10.9 Å². The van der Waals surface area contributed by atoms with Crippen molar-refractivity contribution < 1.29 is 18.7 Å². The van der Waals surface area contributed by atoms with Gasteiger partial charge in [0, 0.05) is 17.3 Å². The SMILES string of the molecule is Cc1cn(-c2cnn(C(F)F)c2)nc1Nc1ncc(C(=O)Nc2c(C)ccc(O)c2C)s1. The Kier molecular flexibility index (Phi) is 5.61. The molecule has 0 saturated heterocycles. The third-order valence-electron chi connectivity index (χ3n) is 4.79. The number of carbonyl (C=O) groups excluding carboxylic acids is 1. The fraction of sp³-hybridized carbons (Fsp3) is 0.200. The summed E-state index contributed by atoms with van der Waals surface area (Å²) >= 11 is 1.13. The summed E-state index contributed by atoms with van der Waals surface area (Å²) < 4.78 is 27.5. The van der Waals surface area contributed by atoms with Crippen molar-refractivity contribution in [1.82, 2.24) is 24.5 Å². The van der Waals surface area contributed by atoms with Crippen molar-refractivity contribution in [3.05, 3.63) is 58.5 Å². The number of phenolic OH excluding ortho intramolecular Hbond substituents is 1. The Morgan fingerprint density at radius 2 is 1.94 bits per heavy atom. The Labute approximate surface area is 185 Å². The van der Waals surface area contributed by atoms with E-state index in [2.05, 4.69) is 25.8 Å². The third kappa shape index (κ3) is 4.17. The number of anilines is 3. The predicted molar refractivity (Wildman–Crippen MR) is 116 cm³/mol. The van der Waals surface area contributed by atoms with Gasteiger partial charge in [0.25, 0.3) is 5.91 Å². The van der Waals surface area contributed by atoms with Gasteiger partial charge in [-0.05, 0) is 32.4 Å². The van der Waals surface area contributed by atoms with E-state index in [1.807, 2.05) is 6.92 Å². The number of hydrogen-bond donors (Lipinski definition) is 3. The summed E-state index contributed by atoms with van der Waals surface area (Å²) in [7, 11) is 0. The standard InChI is InChI=1S/C20H19F2N7O2S/c1-10-4-5-14(30)12(3)16(10)25-18(31)15-7-23-20(32-15)26-17-11(2)8-28(27-17)13-6-24-29(9-13)19(21)22/h4-9,19,30H,1-3H3,(H,25,31)(H,23,26,27). The maximum absolute atomic E-state index is 12.7. The molecule has 0 fully saturated rings. The van der Waals surface area contributed by atoms with Crippen molar-refractivity contribution in [1.29, 1.82) is 0 Å². The highest BCUT2D eigenvalue weighted by Crippen LogP contribution is 2.30. The number of alkyl halides is 2. The van der Waals surface area contributed by atoms with Crippen LogP contribution >= 0.6 is 11.3 Å². The molecule has 1 aromatic carbocycles. The topological polar surface area (TPSA) is 110 Å². The lowest BCUT2D eigenvalue weighted by Crippen LogP contribution is -2.12. The van der Waals surface area contributed by atoms with Gasteiger partial charge in [0.1, 0.15) is 16.3 Å². The number of amides is 1. The highest BCUT2D eigenvalue weighted by molar-refractivity contribution is 7.17. The number of phenols is 1. The Morgan fingerprint density at radius 1 is 1.16 bits per heavy atom. The summed E-state index contributed by atoms with van der Waals surface area (Å²) in [5.41, 5.74) is 3.10. The minimum absolute atomic E-state index is 0.0997. The van der Waals surface area contributed by atoms with Crippen LogP contribution in [0.3, 0.4) is 0 Å². The Bertz CT molecular complexity index is 1300. The van der Waals surface area contributed by atoms with Gasteiger partial charge < -0.3 is 15.7 Å². The molecular weight excluding hydrogens is 440 g/mol. The first-order valence-corrected chi connectivity index (χ1v) is 10.3. The summed E-state index contributed by atoms with van der Waals surface area (Å²) in [5, 5.41) is 24.1. The molecule has 3 N–H and O–H groups in total. The molecule has 0 spiro atoms. The first-order chi connectivity index (χ1) is 15.2. The molecule has 0 saturated carbocycles. The summed E-state index contributed by atoms with van der Waals surface area (Å²) in [5.74, 6) is 0.215. The maximum Gasteiger partial charge on any atom is 0.333 e. The number of carbonyl (C=O) groups is 1. The fourth-order valence-corrected chi connectivity index (χ4v) is 3.72. The summed E-state index contributed by atoms with van der Waals surface area (Å²) in [6.45, 7) is 2.64. The van der Waals surface area contributed by atoms with Gasteiger partial charge in [-0.15, -0.1) is 5.10 Å². The molecule has 4 rings (SSSR count). The number of aromatic hydroxyl groups is 1. The molecule has 0 radical (unpaired) electrons. The van der Waals surface area contributed by atoms with Crippen LogP contribution in [0.5, 0.6) is 5.75 Å². The Hall–Kier alpha value is -3.80. The fourth-order valence-electron chi connectivity index (χ4n) is 3.01. The van der Waals surface area contributed by atoms with Crippen LogP contribution in [0, 0.1) is 20.8 Å². The van der Waals surface area contributed by atoms with Gasteiger partial charge in [-0.3, -0.25) is 4.79 Å². The first-order valence-electron chi connectivity index (χ1n) is 9.45. The molecule has 4 aromatic rings. The molecule has 12 heteroatoms. The van der Waals surface area contributed by atoms with Crippen LogP contribution in [-0.2, 0) is 0 Å². The minimum atomic E-state index is -2.73. The lowest BCUT2D eigenvalue weighted by Gasteiger charge is -2.11. The molecule has 0 atom stereocenters. The van der Waals surface area contributed by atoms with Gasteiger partial charge in [-0.1, -0.05) is 17.4 Å². The zero-order valence-electron chi connectivity index (χ0n) is 17.3. The van der Waals surface area contributed by atoms with Crippen LogP contribution in [0.2, 0.25) is 0 Å². The molecule has 0 aliphatic rings. The molecule has 3 aromatic heterocycles. The van der Waals surface area contributed by atoms with Crippen molar-refractivity contribution in [2.24, 2.45) is 0 Å². The summed E-state index contributed by atoms with van der Waals surface area (Å²) in [4.78, 5) is 17.3. The zero-order chi connectivity index (χ0) is 23.0. The van der Waals surface area contributed by atoms with E-state index in [9.17, 15) is 18.7 Å². The number of nitrogens with zero attached hydrogens (tertiary/aromatic N) is 5. The van der Waals surface area contributed by atoms with Crippen molar-refractivity contribution >= 4 is 33.9 Å². The van der Waals surface area contributed by atoms with Crippen LogP contribution in [0.15, 0.2) is 36.9 Å². The number of rotatable bonds is 6. The molecule has 1 amide bonds. The van der Waals surface area contributed by atoms with Crippen LogP contribution in [0.4, 0.5) is 25.4 Å². The van der Waals surface area contributed by atoms with Crippen molar-refractivity contribution in [3.8, 4) is 11.4 Å². The summed E-state index contributed by atoms with van der Waals surface area (Å²) in [6, 6.07) is 3.30. The number of halogens is 2. The summed E-state index contributed by atoms with van der Waals surface area (Å²) in [6.07, 6.45) is 5.59. The molecule has 0 unspecified atom stereocenters. The quantitative estimate of drug-likeness (QED) is 0.390. The second-order valence-electron chi connectivity index (χ2n) is 7.07. The van der Waals surface area contributed by atoms with Crippen LogP contribution in [0.1, 0.15) is 32.9 Å². The van der Waals surface area contributed by atoms with Crippen molar-refractivity contribution in [2.45, 2.75) is 27.3 Å². The first kappa shape index (κ1) is 21.4. The normalized spacial score (nSPS) is 11.2. The van der Waals surface area contributed by atoms with E-state index in [0.29, 0.717) is 37.4 Å². The van der Waals surface area contributed by atoms with E-state index in [1.54, 1.807) is 32.2 Å². The lowest BCUT2D eigenvalue weighted by atomic mass is 10.1. The minimum Gasteiger partial charge on any atom is -0.508 e. The number of nitrogens with one attached hydrogen (secondary N) is 2. The second-order valence-corrected chi connectivity index (χ2v) is 8.10. The predicted octanol–water partition coefficient (Wildman–Crippen LogP) is 4.55. The van der Waals surface area contributed by atoms with Gasteiger partial charge >= 0.3 is 6.55 Å². The largest absolute Gasteiger partial charge is 0.508 e. The molecule has 166 valence electrons. The molecule has 9 nitrogen and oxygen atoms in total. The third-order valence-corrected chi connectivity index (χ3v) is 5.70. The van der Waals surface area contributed by atoms with E-state index in [4.69, 9.17) is 0 Å². The van der Waals surface area contributed by atoms with E-state index < -0.39 is 6.55 Å². The van der Waals surface area contributed by atoms with Crippen LogP contribution in [-0.4, -0.2) is 35.6 Å². The number of aromatic nitrogens is 5. The Morgan fingerprint density at radius 3 is 2.66 bits per heavy atom. The molecule has 32 heavy (non-hydrogen) atoms. The molecular formula is C20H19F2N7O2S. The number of thiazole rings is 1. The Balaban J connectivity index is 1.49. The van der Waals surface area contributed by atoms with Crippen molar-refractivity contribution in [3.63, 3.8) is 0 Å². The second kappa shape index (κ2) is 8.38. The van der Waals surface area contributed by atoms with Gasteiger partial charge in [-0.2, -0.15) is 13.9 Å². The van der Waals surface area contributed by atoms with Crippen molar-refractivity contribution in [2.75, 3.05) is 10.6 Å². The lowest BCUT2D eigenvalue weighted by molar-refractivity contribution is 0.0566. The van der Waals surface area contributed by atoms with E-state index in [-0.39, 0.29) is 11.7 Å². The van der Waals surface area contributed by atoms with Gasteiger partial charge in [-0.25, -0.2) is 14.3 Å². The molecule has 3 heterocycles. The number of benzene rings is 1. The maximum atomic E-state index is 12.7. The highest BCUT2D eigenvalue weighted by atomic mass is 32.1. The van der Waals surface area contributed by atoms with Crippen LogP contribution < -0.4 is 10.6 Å². The molecule has 0 bridgehead atoms. The van der Waals surface area contributed by atoms with E-state index in [1.165, 1.54) is 23.3 Å². The average Bonchev–Trinajstić information content (AvgIpc) is 3.49. The van der Waals surface area contributed by atoms with Crippen LogP contribution in [0.25, 0.3) is 5.69 Å². The smallest absolute Gasteiger partial charge is 0.333 e. The van der Waals surface area contributed by atoms with Gasteiger partial charge in [0.2, 0.25) is 0 Å². The molecule has 0 aliphatic carbocycles. The zero-order valence-corrected chi connectivity index (χ0v) is 18.1. The molecule has 0 aliphatic heterocycles. The van der Waals surface area contributed by atoms with E-state index in [0.717, 1.165) is 22.5 Å². The average molecular weight is 459 g/mol. The number of hydrogen-bond acceptors (Lipinski definition) is 7. The highest BCUT2D eigenvalue weighted by Gasteiger charge is 2.17.